The number of hydrogen-bond acceptors (Lipinski definition) is 4. The van der Waals surface area contributed by atoms with Crippen LogP contribution in [0.3, 0.4) is 0 Å². The molecule has 0 aromatic heterocycles. The molecule has 90 valence electrons. The molecule has 1 aromatic carbocycles. The van der Waals surface area contributed by atoms with E-state index in [1.54, 1.807) is 12.1 Å². The summed E-state index contributed by atoms with van der Waals surface area (Å²) in [7, 11) is 0. The van der Waals surface area contributed by atoms with Gasteiger partial charge in [0.25, 0.3) is 5.69 Å². The number of nitro benzene ring substituents is 1. The largest absolute Gasteiger partial charge is 0.480 e. The van der Waals surface area contributed by atoms with Crippen molar-refractivity contribution in [2.24, 2.45) is 0 Å². The van der Waals surface area contributed by atoms with Crippen LogP contribution in [0.15, 0.2) is 24.3 Å². The molecular formula is C11H12N2O4. The smallest absolute Gasteiger partial charge is 0.320 e. The van der Waals surface area contributed by atoms with Crippen molar-refractivity contribution in [3.63, 3.8) is 0 Å². The van der Waals surface area contributed by atoms with E-state index in [9.17, 15) is 14.9 Å². The predicted molar refractivity (Wildman–Crippen MR) is 59.6 cm³/mol. The van der Waals surface area contributed by atoms with Crippen molar-refractivity contribution in [2.75, 3.05) is 0 Å². The number of hydrogen-bond donors (Lipinski definition) is 2. The Morgan fingerprint density at radius 1 is 1.35 bits per heavy atom. The summed E-state index contributed by atoms with van der Waals surface area (Å²) in [6.45, 7) is 0. The third kappa shape index (κ3) is 2.42. The van der Waals surface area contributed by atoms with Crippen LogP contribution in [0.25, 0.3) is 0 Å². The molecule has 2 N–H and O–H groups in total. The molecule has 0 radical (unpaired) electrons. The number of aliphatic carboxylic acids is 1. The van der Waals surface area contributed by atoms with Crippen LogP contribution < -0.4 is 5.32 Å². The summed E-state index contributed by atoms with van der Waals surface area (Å²) in [6.07, 6.45) is 1.31. The van der Waals surface area contributed by atoms with Crippen LogP contribution in [-0.4, -0.2) is 22.0 Å². The van der Waals surface area contributed by atoms with E-state index >= 15 is 0 Å². The molecule has 2 atom stereocenters. The number of nitrogens with one attached hydrogen (secondary N) is 1. The van der Waals surface area contributed by atoms with E-state index in [-0.39, 0.29) is 11.7 Å². The molecule has 17 heavy (non-hydrogen) atoms. The summed E-state index contributed by atoms with van der Waals surface area (Å²) in [5, 5.41) is 22.3. The number of benzene rings is 1. The van der Waals surface area contributed by atoms with Gasteiger partial charge in [0.05, 0.1) is 4.92 Å². The summed E-state index contributed by atoms with van der Waals surface area (Å²) < 4.78 is 0. The molecule has 1 saturated heterocycles. The van der Waals surface area contributed by atoms with Crippen molar-refractivity contribution >= 4 is 11.7 Å². The number of carboxylic acid groups (broad SMARTS) is 1. The highest BCUT2D eigenvalue weighted by molar-refractivity contribution is 5.73. The normalized spacial score (nSPS) is 23.5. The summed E-state index contributed by atoms with van der Waals surface area (Å²) >= 11 is 0. The van der Waals surface area contributed by atoms with Gasteiger partial charge in [0.15, 0.2) is 0 Å². The first-order chi connectivity index (χ1) is 8.08. The Hall–Kier alpha value is -1.95. The zero-order valence-corrected chi connectivity index (χ0v) is 9.00. The first-order valence-electron chi connectivity index (χ1n) is 5.31. The number of nitro groups is 1. The van der Waals surface area contributed by atoms with Crippen LogP contribution in [0.2, 0.25) is 0 Å². The minimum atomic E-state index is -0.852. The Balaban J connectivity index is 2.09. The lowest BCUT2D eigenvalue weighted by Gasteiger charge is -2.11. The van der Waals surface area contributed by atoms with Gasteiger partial charge in [-0.2, -0.15) is 0 Å². The molecule has 1 heterocycles. The molecule has 0 unspecified atom stereocenters. The van der Waals surface area contributed by atoms with Gasteiger partial charge in [0.1, 0.15) is 6.04 Å². The van der Waals surface area contributed by atoms with Crippen LogP contribution in [0.5, 0.6) is 0 Å². The summed E-state index contributed by atoms with van der Waals surface area (Å²) in [6, 6.07) is 5.66. The molecule has 0 aliphatic carbocycles. The molecule has 1 aliphatic rings. The summed E-state index contributed by atoms with van der Waals surface area (Å²) in [5.41, 5.74) is 0.931. The van der Waals surface area contributed by atoms with Crippen molar-refractivity contribution in [1.29, 1.82) is 0 Å². The van der Waals surface area contributed by atoms with Gasteiger partial charge in [-0.05, 0) is 18.4 Å². The zero-order valence-electron chi connectivity index (χ0n) is 9.00. The van der Waals surface area contributed by atoms with Gasteiger partial charge >= 0.3 is 5.97 Å². The maximum atomic E-state index is 10.8. The monoisotopic (exact) mass is 236 g/mol. The third-order valence-electron chi connectivity index (χ3n) is 2.95. The maximum absolute atomic E-state index is 10.8. The first kappa shape index (κ1) is 11.5. The minimum absolute atomic E-state index is 0.0306. The quantitative estimate of drug-likeness (QED) is 0.612. The van der Waals surface area contributed by atoms with E-state index in [1.807, 2.05) is 0 Å². The molecule has 1 aromatic rings. The first-order valence-corrected chi connectivity index (χ1v) is 5.31. The lowest BCUT2D eigenvalue weighted by atomic mass is 10.1. The molecule has 6 heteroatoms. The molecule has 0 bridgehead atoms. The molecule has 1 aliphatic heterocycles. The molecular weight excluding hydrogens is 224 g/mol. The minimum Gasteiger partial charge on any atom is -0.480 e. The fourth-order valence-corrected chi connectivity index (χ4v) is 2.03. The Kier molecular flexibility index (Phi) is 3.06. The van der Waals surface area contributed by atoms with Crippen molar-refractivity contribution in [1.82, 2.24) is 5.32 Å². The Morgan fingerprint density at radius 3 is 2.47 bits per heavy atom. The predicted octanol–water partition coefficient (Wildman–Crippen LogP) is 1.47. The molecule has 2 rings (SSSR count). The van der Waals surface area contributed by atoms with E-state index in [2.05, 4.69) is 5.32 Å². The lowest BCUT2D eigenvalue weighted by Crippen LogP contribution is -2.31. The van der Waals surface area contributed by atoms with Crippen molar-refractivity contribution < 1.29 is 14.8 Å². The van der Waals surface area contributed by atoms with Gasteiger partial charge in [-0.25, -0.2) is 0 Å². The highest BCUT2D eigenvalue weighted by Gasteiger charge is 2.29. The van der Waals surface area contributed by atoms with Gasteiger partial charge in [-0.3, -0.25) is 20.2 Å². The average Bonchev–Trinajstić information content (AvgIpc) is 2.78. The summed E-state index contributed by atoms with van der Waals surface area (Å²) in [5.74, 6) is -0.852. The fourth-order valence-electron chi connectivity index (χ4n) is 2.03. The van der Waals surface area contributed by atoms with Crippen molar-refractivity contribution in [3.8, 4) is 0 Å². The van der Waals surface area contributed by atoms with E-state index in [1.165, 1.54) is 12.1 Å². The lowest BCUT2D eigenvalue weighted by molar-refractivity contribution is -0.384. The standard InChI is InChI=1S/C11H12N2O4/c14-11(15)10-6-5-9(12-10)7-1-3-8(4-2-7)13(16)17/h1-4,9-10,12H,5-6H2,(H,14,15)/t9-,10+/m0/s1. The Morgan fingerprint density at radius 2 is 2.00 bits per heavy atom. The van der Waals surface area contributed by atoms with Crippen molar-refractivity contribution in [3.05, 3.63) is 39.9 Å². The Bertz CT molecular complexity index is 443. The van der Waals surface area contributed by atoms with Crippen LogP contribution in [-0.2, 0) is 4.79 Å². The Labute approximate surface area is 97.4 Å². The van der Waals surface area contributed by atoms with Gasteiger partial charge < -0.3 is 5.11 Å². The van der Waals surface area contributed by atoms with E-state index in [0.717, 1.165) is 12.0 Å². The second kappa shape index (κ2) is 4.50. The maximum Gasteiger partial charge on any atom is 0.320 e. The average molecular weight is 236 g/mol. The van der Waals surface area contributed by atoms with Gasteiger partial charge in [-0.15, -0.1) is 0 Å². The summed E-state index contributed by atoms with van der Waals surface area (Å²) in [4.78, 5) is 20.8. The molecule has 6 nitrogen and oxygen atoms in total. The van der Waals surface area contributed by atoms with Gasteiger partial charge in [0.2, 0.25) is 0 Å². The van der Waals surface area contributed by atoms with Gasteiger partial charge in [0, 0.05) is 18.2 Å². The van der Waals surface area contributed by atoms with Crippen molar-refractivity contribution in [2.45, 2.75) is 24.9 Å². The second-order valence-electron chi connectivity index (χ2n) is 4.04. The highest BCUT2D eigenvalue weighted by Crippen LogP contribution is 2.27. The number of rotatable bonds is 3. The second-order valence-corrected chi connectivity index (χ2v) is 4.04. The van der Waals surface area contributed by atoms with E-state index < -0.39 is 16.9 Å². The zero-order chi connectivity index (χ0) is 12.4. The van der Waals surface area contributed by atoms with Gasteiger partial charge in [-0.1, -0.05) is 12.1 Å². The van der Waals surface area contributed by atoms with E-state index in [0.29, 0.717) is 6.42 Å². The fraction of sp³-hybridized carbons (Fsp3) is 0.364. The number of non-ortho nitro benzene ring substituents is 1. The number of nitrogens with zero attached hydrogens (tertiary/aromatic N) is 1. The third-order valence-corrected chi connectivity index (χ3v) is 2.95. The topological polar surface area (TPSA) is 92.5 Å². The van der Waals surface area contributed by atoms with Crippen LogP contribution in [0, 0.1) is 10.1 Å². The molecule has 0 spiro atoms. The molecule has 1 fully saturated rings. The number of carboxylic acids is 1. The highest BCUT2D eigenvalue weighted by atomic mass is 16.6. The van der Waals surface area contributed by atoms with E-state index in [4.69, 9.17) is 5.11 Å². The molecule has 0 saturated carbocycles. The van der Waals surface area contributed by atoms with Crippen LogP contribution in [0.1, 0.15) is 24.4 Å². The number of carbonyl (C=O) groups is 1. The SMILES string of the molecule is O=C(O)[C@H]1CC[C@@H](c2ccc([N+](=O)[O-])cc2)N1. The van der Waals surface area contributed by atoms with Crippen LogP contribution >= 0.6 is 0 Å². The molecule has 0 amide bonds. The van der Waals surface area contributed by atoms with Crippen LogP contribution in [0.4, 0.5) is 5.69 Å².